The Morgan fingerprint density at radius 2 is 1.90 bits per heavy atom. The quantitative estimate of drug-likeness (QED) is 0.536. The summed E-state index contributed by atoms with van der Waals surface area (Å²) in [6.45, 7) is 2.08. The van der Waals surface area contributed by atoms with E-state index in [1.54, 1.807) is 6.20 Å². The number of hydrogen-bond donors (Lipinski definition) is 1. The van der Waals surface area contributed by atoms with Crippen LogP contribution >= 0.6 is 11.6 Å². The van der Waals surface area contributed by atoms with Gasteiger partial charge in [0.05, 0.1) is 24.4 Å². The molecule has 0 aliphatic carbocycles. The van der Waals surface area contributed by atoms with Gasteiger partial charge in [0.15, 0.2) is 0 Å². The number of nitrogens with zero attached hydrogens (tertiary/aromatic N) is 6. The largest absolute Gasteiger partial charge is 0.331 e. The molecule has 31 heavy (non-hydrogen) atoms. The van der Waals surface area contributed by atoms with Crippen molar-refractivity contribution in [3.05, 3.63) is 89.2 Å². The number of para-hydroxylation sites is 2. The van der Waals surface area contributed by atoms with Gasteiger partial charge in [0.2, 0.25) is 11.9 Å². The maximum Gasteiger partial charge on any atom is 0.216 e. The predicted octanol–water partition coefficient (Wildman–Crippen LogP) is 3.83. The van der Waals surface area contributed by atoms with Crippen molar-refractivity contribution < 1.29 is 0 Å². The van der Waals surface area contributed by atoms with Crippen LogP contribution in [0.15, 0.2) is 78.0 Å². The molecule has 0 spiro atoms. The number of aliphatic imine (C=N–C) groups is 1. The smallest absolute Gasteiger partial charge is 0.216 e. The van der Waals surface area contributed by atoms with Crippen molar-refractivity contribution in [1.82, 2.24) is 24.8 Å². The number of anilines is 1. The van der Waals surface area contributed by atoms with E-state index in [9.17, 15) is 0 Å². The van der Waals surface area contributed by atoms with Crippen LogP contribution in [0.3, 0.4) is 0 Å². The van der Waals surface area contributed by atoms with Crippen LogP contribution in [0.2, 0.25) is 5.02 Å². The number of guanidine groups is 1. The minimum atomic E-state index is -0.112. The first-order valence-electron chi connectivity index (χ1n) is 10.2. The Morgan fingerprint density at radius 3 is 2.74 bits per heavy atom. The minimum Gasteiger partial charge on any atom is -0.331 e. The first kappa shape index (κ1) is 18.4. The maximum absolute atomic E-state index is 6.14. The summed E-state index contributed by atoms with van der Waals surface area (Å²) < 4.78 is 2.24. The topological polar surface area (TPSA) is 61.6 Å². The summed E-state index contributed by atoms with van der Waals surface area (Å²) in [7, 11) is 0. The molecule has 0 fully saturated rings. The van der Waals surface area contributed by atoms with E-state index in [1.807, 2.05) is 54.7 Å². The summed E-state index contributed by atoms with van der Waals surface area (Å²) in [4.78, 5) is 18.5. The van der Waals surface area contributed by atoms with Crippen LogP contribution < -0.4 is 10.2 Å². The van der Waals surface area contributed by atoms with E-state index in [4.69, 9.17) is 21.6 Å². The number of rotatable bonds is 3. The van der Waals surface area contributed by atoms with Crippen LogP contribution in [-0.4, -0.2) is 38.7 Å². The highest BCUT2D eigenvalue weighted by molar-refractivity contribution is 6.30. The molecule has 7 nitrogen and oxygen atoms in total. The van der Waals surface area contributed by atoms with Crippen molar-refractivity contribution in [1.29, 1.82) is 0 Å². The number of halogens is 1. The van der Waals surface area contributed by atoms with Crippen LogP contribution in [0.5, 0.6) is 0 Å². The highest BCUT2D eigenvalue weighted by Gasteiger charge is 2.35. The van der Waals surface area contributed by atoms with Crippen LogP contribution in [-0.2, 0) is 6.54 Å². The third-order valence-corrected chi connectivity index (χ3v) is 5.93. The number of aromatic nitrogens is 3. The fraction of sp³-hybridized carbons (Fsp3) is 0.174. The molecule has 154 valence electrons. The zero-order valence-corrected chi connectivity index (χ0v) is 17.4. The average Bonchev–Trinajstić information content (AvgIpc) is 3.20. The molecule has 0 unspecified atom stereocenters. The Bertz CT molecular complexity index is 1270. The van der Waals surface area contributed by atoms with Crippen molar-refractivity contribution in [2.75, 3.05) is 18.2 Å². The lowest BCUT2D eigenvalue weighted by Gasteiger charge is -2.41. The second-order valence-corrected chi connectivity index (χ2v) is 8.19. The summed E-state index contributed by atoms with van der Waals surface area (Å²) in [5.41, 5.74) is 4.31. The van der Waals surface area contributed by atoms with E-state index in [0.717, 1.165) is 40.1 Å². The Labute approximate surface area is 184 Å². The molecule has 0 bridgehead atoms. The fourth-order valence-electron chi connectivity index (χ4n) is 4.24. The first-order chi connectivity index (χ1) is 15.3. The molecule has 0 saturated carbocycles. The van der Waals surface area contributed by atoms with E-state index in [2.05, 4.69) is 36.8 Å². The van der Waals surface area contributed by atoms with Crippen molar-refractivity contribution in [3.63, 3.8) is 0 Å². The molecule has 1 N–H and O–H groups in total. The normalized spacial score (nSPS) is 18.3. The van der Waals surface area contributed by atoms with Crippen molar-refractivity contribution in [2.24, 2.45) is 4.99 Å². The van der Waals surface area contributed by atoms with Gasteiger partial charge in [0.25, 0.3) is 0 Å². The van der Waals surface area contributed by atoms with Crippen LogP contribution in [0.25, 0.3) is 11.0 Å². The Morgan fingerprint density at radius 1 is 1.03 bits per heavy atom. The Balaban J connectivity index is 1.42. The lowest BCUT2D eigenvalue weighted by atomic mass is 10.1. The lowest BCUT2D eigenvalue weighted by Crippen LogP contribution is -2.57. The Hall–Kier alpha value is -3.42. The average molecular weight is 430 g/mol. The standard InChI is InChI=1S/C23H20ClN7/c24-18-9-7-17(8-10-18)21-28-22-26-14-29(13-16-4-3-11-25-12-16)15-30(22)23-27-19-5-1-2-6-20(19)31(21)23/h1-12,21H,13-15H2,(H,26,28)/t21-/m1/s1. The van der Waals surface area contributed by atoms with Gasteiger partial charge in [-0.25, -0.2) is 9.98 Å². The van der Waals surface area contributed by atoms with E-state index in [0.29, 0.717) is 13.3 Å². The summed E-state index contributed by atoms with van der Waals surface area (Å²) in [6, 6.07) is 20.2. The molecule has 0 saturated heterocycles. The zero-order valence-electron chi connectivity index (χ0n) is 16.7. The molecule has 4 heterocycles. The van der Waals surface area contributed by atoms with Gasteiger partial charge in [-0.3, -0.25) is 19.4 Å². The number of benzene rings is 2. The predicted molar refractivity (Wildman–Crippen MR) is 122 cm³/mol. The SMILES string of the molecule is Clc1ccc([C@@H]2NC3=NCN(Cc4cccnc4)CN3c3nc4ccccc4n32)cc1. The molecular formula is C23H20ClN7. The van der Waals surface area contributed by atoms with Gasteiger partial charge in [-0.2, -0.15) is 0 Å². The second-order valence-electron chi connectivity index (χ2n) is 7.75. The zero-order chi connectivity index (χ0) is 20.8. The van der Waals surface area contributed by atoms with Crippen molar-refractivity contribution >= 4 is 34.5 Å². The monoisotopic (exact) mass is 429 g/mol. The molecule has 4 aromatic rings. The van der Waals surface area contributed by atoms with Crippen LogP contribution in [0.1, 0.15) is 17.3 Å². The minimum absolute atomic E-state index is 0.112. The molecule has 8 heteroatoms. The van der Waals surface area contributed by atoms with Gasteiger partial charge in [-0.1, -0.05) is 41.9 Å². The van der Waals surface area contributed by atoms with Gasteiger partial charge in [-0.15, -0.1) is 0 Å². The maximum atomic E-state index is 6.14. The van der Waals surface area contributed by atoms with Crippen LogP contribution in [0, 0.1) is 0 Å². The third-order valence-electron chi connectivity index (χ3n) is 5.67. The highest BCUT2D eigenvalue weighted by atomic mass is 35.5. The Kier molecular flexibility index (Phi) is 4.36. The number of fused-ring (bicyclic) bond motifs is 5. The lowest BCUT2D eigenvalue weighted by molar-refractivity contribution is 0.263. The number of nitrogens with one attached hydrogen (secondary N) is 1. The van der Waals surface area contributed by atoms with E-state index >= 15 is 0 Å². The van der Waals surface area contributed by atoms with E-state index < -0.39 is 0 Å². The van der Waals surface area contributed by atoms with E-state index in [1.165, 1.54) is 5.56 Å². The number of hydrogen-bond acceptors (Lipinski definition) is 6. The molecular weight excluding hydrogens is 410 g/mol. The molecule has 6 rings (SSSR count). The van der Waals surface area contributed by atoms with Crippen LogP contribution in [0.4, 0.5) is 5.95 Å². The number of pyridine rings is 1. The summed E-state index contributed by atoms with van der Waals surface area (Å²) in [6.07, 6.45) is 3.59. The fourth-order valence-corrected chi connectivity index (χ4v) is 4.36. The summed E-state index contributed by atoms with van der Waals surface area (Å²) >= 11 is 6.14. The number of imidazole rings is 1. The summed E-state index contributed by atoms with van der Waals surface area (Å²) in [5, 5.41) is 4.35. The molecule has 2 aliphatic rings. The molecule has 2 aromatic carbocycles. The molecule has 0 radical (unpaired) electrons. The van der Waals surface area contributed by atoms with Gasteiger partial charge >= 0.3 is 0 Å². The van der Waals surface area contributed by atoms with Gasteiger partial charge in [-0.05, 0) is 41.5 Å². The molecule has 0 amide bonds. The van der Waals surface area contributed by atoms with Gasteiger partial charge in [0, 0.05) is 24.0 Å². The third kappa shape index (κ3) is 3.22. The highest BCUT2D eigenvalue weighted by Crippen LogP contribution is 2.34. The van der Waals surface area contributed by atoms with Crippen molar-refractivity contribution in [3.8, 4) is 0 Å². The van der Waals surface area contributed by atoms with Crippen molar-refractivity contribution in [2.45, 2.75) is 12.7 Å². The first-order valence-corrected chi connectivity index (χ1v) is 10.6. The molecule has 2 aliphatic heterocycles. The molecule has 2 aromatic heterocycles. The second kappa shape index (κ2) is 7.37. The van der Waals surface area contributed by atoms with Gasteiger partial charge in [0.1, 0.15) is 6.17 Å². The van der Waals surface area contributed by atoms with Gasteiger partial charge < -0.3 is 5.32 Å². The molecule has 1 atom stereocenters. The summed E-state index contributed by atoms with van der Waals surface area (Å²) in [5.74, 6) is 1.72. The van der Waals surface area contributed by atoms with E-state index in [-0.39, 0.29) is 6.17 Å².